The van der Waals surface area contributed by atoms with Crippen LogP contribution in [0, 0.1) is 0 Å². The van der Waals surface area contributed by atoms with E-state index in [9.17, 15) is 5.11 Å². The van der Waals surface area contributed by atoms with Crippen LogP contribution in [0.2, 0.25) is 0 Å². The first kappa shape index (κ1) is 8.04. The highest BCUT2D eigenvalue weighted by Crippen LogP contribution is 2.38. The molecule has 68 valence electrons. The molecular formula is C8H12O4. The zero-order valence-corrected chi connectivity index (χ0v) is 7.11. The fourth-order valence-corrected chi connectivity index (χ4v) is 1.54. The largest absolute Gasteiger partial charge is 0.464 e. The monoisotopic (exact) mass is 172 g/mol. The molecular weight excluding hydrogens is 160 g/mol. The Morgan fingerprint density at radius 3 is 2.67 bits per heavy atom. The molecule has 2 saturated heterocycles. The van der Waals surface area contributed by atoms with Crippen molar-refractivity contribution in [1.82, 2.24) is 0 Å². The van der Waals surface area contributed by atoms with E-state index in [2.05, 4.69) is 6.58 Å². The van der Waals surface area contributed by atoms with Crippen molar-refractivity contribution in [2.75, 3.05) is 0 Å². The lowest BCUT2D eigenvalue weighted by atomic mass is 10.2. The van der Waals surface area contributed by atoms with Crippen molar-refractivity contribution < 1.29 is 19.3 Å². The van der Waals surface area contributed by atoms with E-state index in [0.29, 0.717) is 5.76 Å². The molecule has 0 aliphatic carbocycles. The molecule has 0 aromatic rings. The highest BCUT2D eigenvalue weighted by Gasteiger charge is 2.52. The lowest BCUT2D eigenvalue weighted by molar-refractivity contribution is -0.194. The van der Waals surface area contributed by atoms with Gasteiger partial charge in [-0.25, -0.2) is 0 Å². The number of hydrogen-bond donors (Lipinski definition) is 1. The van der Waals surface area contributed by atoms with Crippen molar-refractivity contribution in [2.24, 2.45) is 0 Å². The van der Waals surface area contributed by atoms with Crippen molar-refractivity contribution in [3.63, 3.8) is 0 Å². The van der Waals surface area contributed by atoms with Crippen molar-refractivity contribution in [3.8, 4) is 0 Å². The summed E-state index contributed by atoms with van der Waals surface area (Å²) in [5.74, 6) is -0.207. The van der Waals surface area contributed by atoms with Gasteiger partial charge >= 0.3 is 0 Å². The second-order valence-corrected chi connectivity index (χ2v) is 3.50. The number of fused-ring (bicyclic) bond motifs is 1. The third-order valence-electron chi connectivity index (χ3n) is 2.00. The van der Waals surface area contributed by atoms with Crippen LogP contribution in [0.15, 0.2) is 12.3 Å². The van der Waals surface area contributed by atoms with Gasteiger partial charge in [-0.3, -0.25) is 0 Å². The number of aliphatic hydroxyl groups excluding tert-OH is 1. The van der Waals surface area contributed by atoms with E-state index in [4.69, 9.17) is 14.2 Å². The maximum absolute atomic E-state index is 9.31. The maximum Gasteiger partial charge on any atom is 0.226 e. The Morgan fingerprint density at radius 1 is 1.42 bits per heavy atom. The predicted molar refractivity (Wildman–Crippen MR) is 40.1 cm³/mol. The zero-order chi connectivity index (χ0) is 8.93. The van der Waals surface area contributed by atoms with Crippen molar-refractivity contribution in [3.05, 3.63) is 12.3 Å². The Labute approximate surface area is 70.7 Å². The lowest BCUT2D eigenvalue weighted by Gasteiger charge is -2.19. The average Bonchev–Trinajstić information content (AvgIpc) is 2.34. The van der Waals surface area contributed by atoms with Gasteiger partial charge in [-0.05, 0) is 13.8 Å². The van der Waals surface area contributed by atoms with Crippen LogP contribution >= 0.6 is 0 Å². The first-order valence-electron chi connectivity index (χ1n) is 3.89. The van der Waals surface area contributed by atoms with E-state index in [1.807, 2.05) is 0 Å². The van der Waals surface area contributed by atoms with E-state index in [0.717, 1.165) is 0 Å². The van der Waals surface area contributed by atoms with Crippen LogP contribution in [0.5, 0.6) is 0 Å². The van der Waals surface area contributed by atoms with Crippen LogP contribution < -0.4 is 0 Å². The quantitative estimate of drug-likeness (QED) is 0.573. The van der Waals surface area contributed by atoms with Crippen LogP contribution in [0.3, 0.4) is 0 Å². The molecule has 0 aromatic heterocycles. The first-order chi connectivity index (χ1) is 5.49. The second kappa shape index (κ2) is 2.22. The minimum atomic E-state index is -0.940. The minimum Gasteiger partial charge on any atom is -0.464 e. The lowest BCUT2D eigenvalue weighted by Crippen LogP contribution is -2.29. The Balaban J connectivity index is 2.20. The SMILES string of the molecule is C=C1O[C@@H](O)[C@@H]2OC(C)(C)O[C@H]12. The van der Waals surface area contributed by atoms with Crippen LogP contribution in [0.1, 0.15) is 13.8 Å². The Hall–Kier alpha value is -0.580. The van der Waals surface area contributed by atoms with Gasteiger partial charge in [0, 0.05) is 0 Å². The third kappa shape index (κ3) is 1.03. The summed E-state index contributed by atoms with van der Waals surface area (Å²) >= 11 is 0. The summed E-state index contributed by atoms with van der Waals surface area (Å²) in [6.45, 7) is 7.22. The smallest absolute Gasteiger partial charge is 0.226 e. The molecule has 0 aromatic carbocycles. The van der Waals surface area contributed by atoms with Gasteiger partial charge in [0.25, 0.3) is 0 Å². The molecule has 4 heteroatoms. The maximum atomic E-state index is 9.31. The summed E-state index contributed by atoms with van der Waals surface area (Å²) in [5, 5.41) is 9.31. The van der Waals surface area contributed by atoms with E-state index < -0.39 is 18.2 Å². The molecule has 2 fully saturated rings. The van der Waals surface area contributed by atoms with Gasteiger partial charge in [-0.1, -0.05) is 6.58 Å². The molecule has 3 atom stereocenters. The van der Waals surface area contributed by atoms with E-state index in [-0.39, 0.29) is 6.10 Å². The molecule has 1 N–H and O–H groups in total. The van der Waals surface area contributed by atoms with Crippen LogP contribution in [0.25, 0.3) is 0 Å². The van der Waals surface area contributed by atoms with Gasteiger partial charge in [0.15, 0.2) is 11.9 Å². The average molecular weight is 172 g/mol. The highest BCUT2D eigenvalue weighted by molar-refractivity contribution is 5.08. The molecule has 2 aliphatic heterocycles. The van der Waals surface area contributed by atoms with Gasteiger partial charge in [-0.15, -0.1) is 0 Å². The van der Waals surface area contributed by atoms with Gasteiger partial charge in [0.2, 0.25) is 6.29 Å². The van der Waals surface area contributed by atoms with E-state index in [1.54, 1.807) is 13.8 Å². The summed E-state index contributed by atoms with van der Waals surface area (Å²) in [6.07, 6.45) is -1.69. The molecule has 2 heterocycles. The van der Waals surface area contributed by atoms with E-state index >= 15 is 0 Å². The number of hydrogen-bond acceptors (Lipinski definition) is 4. The normalized spacial score (nSPS) is 44.2. The molecule has 0 radical (unpaired) electrons. The molecule has 0 saturated carbocycles. The molecule has 12 heavy (non-hydrogen) atoms. The van der Waals surface area contributed by atoms with Crippen molar-refractivity contribution >= 4 is 0 Å². The van der Waals surface area contributed by atoms with Crippen LogP contribution in [-0.4, -0.2) is 29.4 Å². The summed E-state index contributed by atoms with van der Waals surface area (Å²) in [4.78, 5) is 0. The second-order valence-electron chi connectivity index (χ2n) is 3.50. The molecule has 0 spiro atoms. The first-order valence-corrected chi connectivity index (χ1v) is 3.89. The summed E-state index contributed by atoms with van der Waals surface area (Å²) in [5.41, 5.74) is 0. The molecule has 4 nitrogen and oxygen atoms in total. The molecule has 0 amide bonds. The van der Waals surface area contributed by atoms with Crippen molar-refractivity contribution in [1.29, 1.82) is 0 Å². The van der Waals surface area contributed by atoms with E-state index in [1.165, 1.54) is 0 Å². The number of aliphatic hydroxyl groups is 1. The fraction of sp³-hybridized carbons (Fsp3) is 0.750. The number of ether oxygens (including phenoxy) is 3. The molecule has 2 aliphatic rings. The van der Waals surface area contributed by atoms with Gasteiger partial charge in [0.05, 0.1) is 0 Å². The van der Waals surface area contributed by atoms with Gasteiger partial charge in [0.1, 0.15) is 11.9 Å². The summed E-state index contributed by atoms with van der Waals surface area (Å²) in [6, 6.07) is 0. The van der Waals surface area contributed by atoms with Gasteiger partial charge in [-0.2, -0.15) is 0 Å². The van der Waals surface area contributed by atoms with Crippen molar-refractivity contribution in [2.45, 2.75) is 38.1 Å². The summed E-state index contributed by atoms with van der Waals surface area (Å²) < 4.78 is 15.8. The topological polar surface area (TPSA) is 47.9 Å². The molecule has 0 unspecified atom stereocenters. The Kier molecular flexibility index (Phi) is 1.49. The van der Waals surface area contributed by atoms with Crippen LogP contribution in [0.4, 0.5) is 0 Å². The Bertz CT molecular complexity index is 223. The molecule has 2 rings (SSSR count). The summed E-state index contributed by atoms with van der Waals surface area (Å²) in [7, 11) is 0. The number of rotatable bonds is 0. The Morgan fingerprint density at radius 2 is 2.08 bits per heavy atom. The molecule has 0 bridgehead atoms. The minimum absolute atomic E-state index is 0.324. The standard InChI is InChI=1S/C8H12O4/c1-4-5-6(7(9)10-4)12-8(2,3)11-5/h5-7,9H,1H2,2-3H3/t5-,6-,7-/m1/s1. The van der Waals surface area contributed by atoms with Crippen LogP contribution in [-0.2, 0) is 14.2 Å². The zero-order valence-electron chi connectivity index (χ0n) is 7.11. The van der Waals surface area contributed by atoms with Gasteiger partial charge < -0.3 is 19.3 Å². The predicted octanol–water partition coefficient (Wildman–Crippen LogP) is 0.369. The third-order valence-corrected chi connectivity index (χ3v) is 2.00. The fourth-order valence-electron chi connectivity index (χ4n) is 1.54. The highest BCUT2D eigenvalue weighted by atomic mass is 16.8.